The Balaban J connectivity index is 1.22. The number of hydrogen-bond acceptors (Lipinski definition) is 9. The number of rotatable bonds is 6. The molecule has 3 aromatic heterocycles. The van der Waals surface area contributed by atoms with Crippen molar-refractivity contribution in [1.29, 1.82) is 0 Å². The largest absolute Gasteiger partial charge is 0.488 e. The Morgan fingerprint density at radius 1 is 1.10 bits per heavy atom. The molecule has 5 heterocycles. The summed E-state index contributed by atoms with van der Waals surface area (Å²) in [6.07, 6.45) is 3.63. The molecule has 2 aliphatic heterocycles. The maximum Gasteiger partial charge on any atom is 0.270 e. The Kier molecular flexibility index (Phi) is 6.75. The lowest BCUT2D eigenvalue weighted by Crippen LogP contribution is -2.43. The van der Waals surface area contributed by atoms with Crippen LogP contribution in [0.2, 0.25) is 0 Å². The van der Waals surface area contributed by atoms with Gasteiger partial charge in [0.15, 0.2) is 11.5 Å². The van der Waals surface area contributed by atoms with Gasteiger partial charge in [0.25, 0.3) is 5.56 Å². The summed E-state index contributed by atoms with van der Waals surface area (Å²) in [7, 11) is 4.11. The van der Waals surface area contributed by atoms with Crippen LogP contribution in [0, 0.1) is 0 Å². The number of H-pyrrole nitrogens is 1. The minimum atomic E-state index is -0.268. The van der Waals surface area contributed by atoms with Gasteiger partial charge in [-0.05, 0) is 49.2 Å². The van der Waals surface area contributed by atoms with E-state index in [0.717, 1.165) is 51.3 Å². The standard InChI is InChI=1S/C31H35N9O2/c1-37-13-15-39(16-14-37)18-20-7-10-22(11-8-20)40-29-24(27-26(30(40)41)28(32)36-35-27)17-33-31(34-29)38(2)19-23-12-9-21-5-3-4-6-25(21)42-23/h3-8,10-11,17,23H,9,12-16,18-19H2,1-2H3,(H3,32,35,36)/t23-/m1/s1. The average Bonchev–Trinajstić information content (AvgIpc) is 3.40. The first kappa shape index (κ1) is 26.4. The van der Waals surface area contributed by atoms with E-state index in [4.69, 9.17) is 15.5 Å². The zero-order valence-electron chi connectivity index (χ0n) is 24.0. The number of piperazine rings is 1. The second-order valence-corrected chi connectivity index (χ2v) is 11.4. The van der Waals surface area contributed by atoms with Crippen molar-refractivity contribution in [2.45, 2.75) is 25.5 Å². The van der Waals surface area contributed by atoms with Crippen molar-refractivity contribution in [3.8, 4) is 11.4 Å². The number of likely N-dealkylation sites (N-methyl/N-ethyl adjacent to an activating group) is 2. The topological polar surface area (TPSA) is 121 Å². The number of ether oxygens (including phenoxy) is 1. The molecule has 1 saturated heterocycles. The average molecular weight is 566 g/mol. The van der Waals surface area contributed by atoms with Crippen LogP contribution in [0.4, 0.5) is 11.8 Å². The molecule has 0 amide bonds. The fourth-order valence-electron chi connectivity index (χ4n) is 6.02. The maximum absolute atomic E-state index is 13.9. The van der Waals surface area contributed by atoms with Crippen LogP contribution < -0.4 is 20.9 Å². The highest BCUT2D eigenvalue weighted by Gasteiger charge is 2.24. The van der Waals surface area contributed by atoms with Gasteiger partial charge in [0.1, 0.15) is 17.2 Å². The number of pyridine rings is 1. The third kappa shape index (κ3) is 4.84. The van der Waals surface area contributed by atoms with Gasteiger partial charge < -0.3 is 20.3 Å². The Morgan fingerprint density at radius 3 is 2.69 bits per heavy atom. The number of nitrogens with zero attached hydrogens (tertiary/aromatic N) is 7. The minimum absolute atomic E-state index is 0.00845. The van der Waals surface area contributed by atoms with E-state index in [1.807, 2.05) is 42.3 Å². The molecule has 7 rings (SSSR count). The molecule has 0 saturated carbocycles. The van der Waals surface area contributed by atoms with E-state index >= 15 is 0 Å². The van der Waals surface area contributed by atoms with E-state index in [2.05, 4.69) is 50.2 Å². The van der Waals surface area contributed by atoms with Gasteiger partial charge >= 0.3 is 0 Å². The van der Waals surface area contributed by atoms with Gasteiger partial charge in [-0.25, -0.2) is 4.98 Å². The van der Waals surface area contributed by atoms with E-state index in [0.29, 0.717) is 40.1 Å². The predicted molar refractivity (Wildman–Crippen MR) is 164 cm³/mol. The minimum Gasteiger partial charge on any atom is -0.488 e. The lowest BCUT2D eigenvalue weighted by atomic mass is 10.0. The molecule has 0 radical (unpaired) electrons. The van der Waals surface area contributed by atoms with Crippen LogP contribution in [-0.4, -0.2) is 87.5 Å². The second-order valence-electron chi connectivity index (χ2n) is 11.4. The number of nitrogens with two attached hydrogens (primary N) is 1. The zero-order valence-corrected chi connectivity index (χ0v) is 24.0. The second kappa shape index (κ2) is 10.7. The van der Waals surface area contributed by atoms with E-state index in [9.17, 15) is 4.79 Å². The van der Waals surface area contributed by atoms with Gasteiger partial charge in [-0.3, -0.25) is 19.4 Å². The summed E-state index contributed by atoms with van der Waals surface area (Å²) in [5.41, 5.74) is 10.1. The van der Waals surface area contributed by atoms with Crippen molar-refractivity contribution in [1.82, 2.24) is 34.5 Å². The van der Waals surface area contributed by atoms with E-state index in [-0.39, 0.29) is 17.5 Å². The number of aromatic nitrogens is 5. The van der Waals surface area contributed by atoms with E-state index < -0.39 is 0 Å². The summed E-state index contributed by atoms with van der Waals surface area (Å²) >= 11 is 0. The SMILES string of the molecule is CN1CCN(Cc2ccc(-n3c(=O)c4c(N)n[nH]c4c4cnc(N(C)C[C@H]5CCc6ccccc6O5)nc43)cc2)CC1. The first-order valence-electron chi connectivity index (χ1n) is 14.5. The van der Waals surface area contributed by atoms with E-state index in [1.54, 1.807) is 10.8 Å². The Hall–Kier alpha value is -4.48. The molecule has 2 aliphatic rings. The van der Waals surface area contributed by atoms with Gasteiger partial charge in [0.05, 0.1) is 23.1 Å². The normalized spacial score (nSPS) is 17.8. The molecule has 0 spiro atoms. The molecule has 3 N–H and O–H groups in total. The predicted octanol–water partition coefficient (Wildman–Crippen LogP) is 2.82. The molecule has 5 aromatic rings. The molecule has 11 heteroatoms. The molecule has 0 aliphatic carbocycles. The summed E-state index contributed by atoms with van der Waals surface area (Å²) < 4.78 is 7.89. The van der Waals surface area contributed by atoms with Crippen LogP contribution in [-0.2, 0) is 13.0 Å². The number of aromatic amines is 1. The lowest BCUT2D eigenvalue weighted by Gasteiger charge is -2.32. The van der Waals surface area contributed by atoms with E-state index in [1.165, 1.54) is 11.1 Å². The summed E-state index contributed by atoms with van der Waals surface area (Å²) in [5.74, 6) is 1.61. The smallest absolute Gasteiger partial charge is 0.270 e. The molecular formula is C31H35N9O2. The number of nitrogens with one attached hydrogen (secondary N) is 1. The van der Waals surface area contributed by atoms with Gasteiger partial charge in [-0.2, -0.15) is 10.1 Å². The first-order chi connectivity index (χ1) is 20.4. The van der Waals surface area contributed by atoms with Crippen LogP contribution in [0.15, 0.2) is 59.5 Å². The van der Waals surface area contributed by atoms with Crippen LogP contribution in [0.5, 0.6) is 5.75 Å². The number of fused-ring (bicyclic) bond motifs is 4. The van der Waals surface area contributed by atoms with Crippen molar-refractivity contribution in [3.63, 3.8) is 0 Å². The first-order valence-corrected chi connectivity index (χ1v) is 14.5. The summed E-state index contributed by atoms with van der Waals surface area (Å²) in [6.45, 7) is 5.73. The molecule has 42 heavy (non-hydrogen) atoms. The number of nitrogen functional groups attached to an aromatic ring is 1. The third-order valence-corrected chi connectivity index (χ3v) is 8.47. The Morgan fingerprint density at radius 2 is 1.88 bits per heavy atom. The van der Waals surface area contributed by atoms with Gasteiger partial charge in [-0.1, -0.05) is 30.3 Å². The molecular weight excluding hydrogens is 530 g/mol. The maximum atomic E-state index is 13.9. The fraction of sp³-hybridized carbons (Fsp3) is 0.355. The van der Waals surface area contributed by atoms with Crippen molar-refractivity contribution >= 4 is 33.7 Å². The number of aryl methyl sites for hydroxylation is 1. The zero-order chi connectivity index (χ0) is 28.8. The molecule has 0 bridgehead atoms. The summed E-state index contributed by atoms with van der Waals surface area (Å²) in [4.78, 5) is 30.3. The highest BCUT2D eigenvalue weighted by Crippen LogP contribution is 2.29. The van der Waals surface area contributed by atoms with Crippen molar-refractivity contribution in [3.05, 3.63) is 76.2 Å². The van der Waals surface area contributed by atoms with Crippen molar-refractivity contribution < 1.29 is 4.74 Å². The number of benzene rings is 2. The van der Waals surface area contributed by atoms with Crippen LogP contribution >= 0.6 is 0 Å². The Bertz CT molecular complexity index is 1810. The van der Waals surface area contributed by atoms with Crippen molar-refractivity contribution in [2.75, 3.05) is 57.5 Å². The highest BCUT2D eigenvalue weighted by molar-refractivity contribution is 6.05. The summed E-state index contributed by atoms with van der Waals surface area (Å²) in [5, 5.41) is 8.06. The lowest BCUT2D eigenvalue weighted by molar-refractivity contribution is 0.148. The molecule has 1 atom stereocenters. The van der Waals surface area contributed by atoms with Crippen molar-refractivity contribution in [2.24, 2.45) is 0 Å². The third-order valence-electron chi connectivity index (χ3n) is 8.47. The monoisotopic (exact) mass is 565 g/mol. The highest BCUT2D eigenvalue weighted by atomic mass is 16.5. The fourth-order valence-corrected chi connectivity index (χ4v) is 6.02. The van der Waals surface area contributed by atoms with Crippen LogP contribution in [0.3, 0.4) is 0 Å². The molecule has 0 unspecified atom stereocenters. The molecule has 11 nitrogen and oxygen atoms in total. The molecule has 2 aromatic carbocycles. The number of para-hydroxylation sites is 1. The van der Waals surface area contributed by atoms with Gasteiger partial charge in [0, 0.05) is 46.0 Å². The summed E-state index contributed by atoms with van der Waals surface area (Å²) in [6, 6.07) is 16.3. The van der Waals surface area contributed by atoms with Gasteiger partial charge in [-0.15, -0.1) is 0 Å². The number of hydrogen-bond donors (Lipinski definition) is 2. The Labute approximate surface area is 243 Å². The van der Waals surface area contributed by atoms with Crippen LogP contribution in [0.1, 0.15) is 17.5 Å². The van der Waals surface area contributed by atoms with Crippen LogP contribution in [0.25, 0.3) is 27.6 Å². The molecule has 216 valence electrons. The van der Waals surface area contributed by atoms with Gasteiger partial charge in [0.2, 0.25) is 5.95 Å². The molecule has 1 fully saturated rings. The quantitative estimate of drug-likeness (QED) is 0.320. The number of anilines is 2.